The van der Waals surface area contributed by atoms with Crippen LogP contribution in [0.15, 0.2) is 0 Å². The quantitative estimate of drug-likeness (QED) is 0.858. The van der Waals surface area contributed by atoms with E-state index in [-0.39, 0.29) is 12.1 Å². The van der Waals surface area contributed by atoms with Crippen molar-refractivity contribution in [3.63, 3.8) is 0 Å². The van der Waals surface area contributed by atoms with E-state index in [0.717, 1.165) is 51.7 Å². The van der Waals surface area contributed by atoms with Crippen molar-refractivity contribution in [1.82, 2.24) is 9.80 Å². The second-order valence-electron chi connectivity index (χ2n) is 6.53. The van der Waals surface area contributed by atoms with E-state index in [1.165, 1.54) is 12.8 Å². The van der Waals surface area contributed by atoms with Gasteiger partial charge in [-0.15, -0.1) is 0 Å². The third kappa shape index (κ3) is 3.95. The minimum absolute atomic E-state index is 0.0284. The van der Waals surface area contributed by atoms with Gasteiger partial charge in [0.2, 0.25) is 5.91 Å². The highest BCUT2D eigenvalue weighted by atomic mass is 16.3. The van der Waals surface area contributed by atoms with Crippen molar-refractivity contribution >= 4 is 5.91 Å². The lowest BCUT2D eigenvalue weighted by atomic mass is 10.1. The molecule has 116 valence electrons. The highest BCUT2D eigenvalue weighted by Gasteiger charge is 2.34. The van der Waals surface area contributed by atoms with Crippen LogP contribution in [0.1, 0.15) is 58.8 Å². The van der Waals surface area contributed by atoms with Crippen molar-refractivity contribution in [2.75, 3.05) is 19.6 Å². The first-order valence-corrected chi connectivity index (χ1v) is 8.32. The summed E-state index contributed by atoms with van der Waals surface area (Å²) in [6.45, 7) is 6.75. The van der Waals surface area contributed by atoms with E-state index in [9.17, 15) is 9.90 Å². The van der Waals surface area contributed by atoms with Gasteiger partial charge in [-0.1, -0.05) is 12.8 Å². The molecular weight excluding hydrogens is 252 g/mol. The predicted molar refractivity (Wildman–Crippen MR) is 80.5 cm³/mol. The second-order valence-corrected chi connectivity index (χ2v) is 6.53. The Labute approximate surface area is 123 Å². The Bertz CT molecular complexity index is 312. The van der Waals surface area contributed by atoms with E-state index in [0.29, 0.717) is 11.9 Å². The third-order valence-corrected chi connectivity index (χ3v) is 4.81. The smallest absolute Gasteiger partial charge is 0.239 e. The maximum atomic E-state index is 12.7. The molecule has 0 aromatic rings. The molecule has 3 atom stereocenters. The van der Waals surface area contributed by atoms with Crippen molar-refractivity contribution in [3.8, 4) is 0 Å². The fraction of sp³-hybridized carbons (Fsp3) is 0.938. The fourth-order valence-electron chi connectivity index (χ4n) is 3.71. The molecule has 4 nitrogen and oxygen atoms in total. The van der Waals surface area contributed by atoms with Crippen molar-refractivity contribution in [2.24, 2.45) is 0 Å². The lowest BCUT2D eigenvalue weighted by Gasteiger charge is -2.34. The first-order chi connectivity index (χ1) is 9.59. The lowest BCUT2D eigenvalue weighted by Crippen LogP contribution is -2.49. The summed E-state index contributed by atoms with van der Waals surface area (Å²) in [5.41, 5.74) is 0. The van der Waals surface area contributed by atoms with E-state index in [1.54, 1.807) is 0 Å². The molecule has 1 amide bonds. The van der Waals surface area contributed by atoms with Crippen LogP contribution in [-0.4, -0.2) is 58.6 Å². The Morgan fingerprint density at radius 3 is 2.35 bits per heavy atom. The first kappa shape index (κ1) is 15.8. The Morgan fingerprint density at radius 1 is 1.10 bits per heavy atom. The molecule has 0 aliphatic carbocycles. The van der Waals surface area contributed by atoms with Gasteiger partial charge < -0.3 is 10.0 Å². The molecule has 4 heteroatoms. The fourth-order valence-corrected chi connectivity index (χ4v) is 3.71. The average molecular weight is 282 g/mol. The Morgan fingerprint density at radius 2 is 1.75 bits per heavy atom. The van der Waals surface area contributed by atoms with E-state index in [2.05, 4.69) is 9.80 Å². The maximum absolute atomic E-state index is 12.7. The minimum atomic E-state index is -0.277. The van der Waals surface area contributed by atoms with Gasteiger partial charge in [-0.3, -0.25) is 9.69 Å². The summed E-state index contributed by atoms with van der Waals surface area (Å²) in [4.78, 5) is 17.1. The molecule has 0 aromatic carbocycles. The molecule has 0 radical (unpaired) electrons. The maximum Gasteiger partial charge on any atom is 0.239 e. The third-order valence-electron chi connectivity index (χ3n) is 4.81. The molecule has 0 spiro atoms. The predicted octanol–water partition coefficient (Wildman–Crippen LogP) is 2.01. The Balaban J connectivity index is 1.94. The van der Waals surface area contributed by atoms with E-state index in [4.69, 9.17) is 0 Å². The van der Waals surface area contributed by atoms with Crippen LogP contribution >= 0.6 is 0 Å². The molecule has 0 aromatic heterocycles. The van der Waals surface area contributed by atoms with Gasteiger partial charge in [0.25, 0.3) is 0 Å². The second kappa shape index (κ2) is 7.41. The Kier molecular flexibility index (Phi) is 5.85. The van der Waals surface area contributed by atoms with Gasteiger partial charge in [-0.2, -0.15) is 0 Å². The van der Waals surface area contributed by atoms with Crippen LogP contribution in [0.25, 0.3) is 0 Å². The van der Waals surface area contributed by atoms with Gasteiger partial charge in [0, 0.05) is 19.1 Å². The summed E-state index contributed by atoms with van der Waals surface area (Å²) in [5.74, 6) is 0.296. The number of nitrogens with zero attached hydrogens (tertiary/aromatic N) is 2. The summed E-state index contributed by atoms with van der Waals surface area (Å²) < 4.78 is 0. The van der Waals surface area contributed by atoms with Gasteiger partial charge in [-0.25, -0.2) is 0 Å². The molecular formula is C16H30N2O2. The number of carbonyl (C=O) groups excluding carboxylic acids is 1. The van der Waals surface area contributed by atoms with Crippen LogP contribution < -0.4 is 0 Å². The van der Waals surface area contributed by atoms with Crippen molar-refractivity contribution in [1.29, 1.82) is 0 Å². The SMILES string of the molecule is CC(O)CC1CCCN1C(C)C(=O)N1CCCCCC1. The zero-order valence-corrected chi connectivity index (χ0v) is 13.1. The minimum Gasteiger partial charge on any atom is -0.393 e. The summed E-state index contributed by atoms with van der Waals surface area (Å²) in [6.07, 6.45) is 7.58. The first-order valence-electron chi connectivity index (χ1n) is 8.32. The zero-order valence-electron chi connectivity index (χ0n) is 13.1. The molecule has 0 bridgehead atoms. The summed E-state index contributed by atoms with van der Waals surface area (Å²) in [7, 11) is 0. The van der Waals surface area contributed by atoms with Crippen LogP contribution in [0, 0.1) is 0 Å². The van der Waals surface area contributed by atoms with Crippen LogP contribution in [0.5, 0.6) is 0 Å². The number of carbonyl (C=O) groups is 1. The molecule has 20 heavy (non-hydrogen) atoms. The van der Waals surface area contributed by atoms with Crippen LogP contribution in [-0.2, 0) is 4.79 Å². The number of rotatable bonds is 4. The standard InChI is InChI=1S/C16H30N2O2/c1-13(19)12-15-8-7-11-18(15)14(2)16(20)17-9-5-3-4-6-10-17/h13-15,19H,3-12H2,1-2H3. The van der Waals surface area contributed by atoms with Gasteiger partial charge in [0.05, 0.1) is 12.1 Å². The number of aliphatic hydroxyl groups is 1. The summed E-state index contributed by atoms with van der Waals surface area (Å²) >= 11 is 0. The molecule has 2 saturated heterocycles. The van der Waals surface area contributed by atoms with Crippen LogP contribution in [0.4, 0.5) is 0 Å². The topological polar surface area (TPSA) is 43.8 Å². The number of aliphatic hydroxyl groups excluding tert-OH is 1. The molecule has 2 fully saturated rings. The van der Waals surface area contributed by atoms with Gasteiger partial charge >= 0.3 is 0 Å². The Hall–Kier alpha value is -0.610. The van der Waals surface area contributed by atoms with Gasteiger partial charge in [0.1, 0.15) is 0 Å². The van der Waals surface area contributed by atoms with Gasteiger partial charge in [-0.05, 0) is 52.5 Å². The number of hydrogen-bond acceptors (Lipinski definition) is 3. The van der Waals surface area contributed by atoms with Crippen molar-refractivity contribution in [3.05, 3.63) is 0 Å². The molecule has 2 aliphatic heterocycles. The highest BCUT2D eigenvalue weighted by Crippen LogP contribution is 2.25. The van der Waals surface area contributed by atoms with E-state index in [1.807, 2.05) is 13.8 Å². The molecule has 3 unspecified atom stereocenters. The molecule has 2 rings (SSSR count). The van der Waals surface area contributed by atoms with Gasteiger partial charge in [0.15, 0.2) is 0 Å². The largest absolute Gasteiger partial charge is 0.393 e. The molecule has 2 aliphatic rings. The lowest BCUT2D eigenvalue weighted by molar-refractivity contribution is -0.137. The molecule has 1 N–H and O–H groups in total. The number of hydrogen-bond donors (Lipinski definition) is 1. The summed E-state index contributed by atoms with van der Waals surface area (Å²) in [5, 5.41) is 9.61. The van der Waals surface area contributed by atoms with E-state index >= 15 is 0 Å². The number of amides is 1. The molecule has 0 saturated carbocycles. The number of likely N-dealkylation sites (tertiary alicyclic amines) is 2. The van der Waals surface area contributed by atoms with Crippen LogP contribution in [0.2, 0.25) is 0 Å². The highest BCUT2D eigenvalue weighted by molar-refractivity contribution is 5.81. The summed E-state index contributed by atoms with van der Waals surface area (Å²) in [6, 6.07) is 0.347. The van der Waals surface area contributed by atoms with E-state index < -0.39 is 0 Å². The average Bonchev–Trinajstić information content (AvgIpc) is 2.70. The van der Waals surface area contributed by atoms with Crippen molar-refractivity contribution in [2.45, 2.75) is 77.0 Å². The van der Waals surface area contributed by atoms with Crippen LogP contribution in [0.3, 0.4) is 0 Å². The molecule has 2 heterocycles. The monoisotopic (exact) mass is 282 g/mol. The van der Waals surface area contributed by atoms with Crippen molar-refractivity contribution < 1.29 is 9.90 Å². The zero-order chi connectivity index (χ0) is 14.5. The normalized spacial score (nSPS) is 28.1.